The molecule has 1 aliphatic heterocycles. The van der Waals surface area contributed by atoms with Crippen LogP contribution in [0.1, 0.15) is 33.1 Å². The van der Waals surface area contributed by atoms with E-state index in [0.29, 0.717) is 24.3 Å². The molecule has 116 valence electrons. The van der Waals surface area contributed by atoms with Crippen molar-refractivity contribution in [3.63, 3.8) is 0 Å². The van der Waals surface area contributed by atoms with Crippen LogP contribution in [0.3, 0.4) is 0 Å². The minimum absolute atomic E-state index is 0.296. The second-order valence-corrected chi connectivity index (χ2v) is 6.13. The summed E-state index contributed by atoms with van der Waals surface area (Å²) >= 11 is 0. The van der Waals surface area contributed by atoms with Gasteiger partial charge in [0, 0.05) is 37.3 Å². The standard InChI is InChI=1S/C17H26N2O2/c1-13(2)11-17(20)19-9-7-14(8-10-19)18-15-5-4-6-16(12-15)21-3/h4-6,12-14,18H,7-11H2,1-3H3. The van der Waals surface area contributed by atoms with Gasteiger partial charge >= 0.3 is 0 Å². The first-order valence-electron chi connectivity index (χ1n) is 7.77. The van der Waals surface area contributed by atoms with Crippen molar-refractivity contribution in [3.05, 3.63) is 24.3 Å². The fourth-order valence-corrected chi connectivity index (χ4v) is 2.70. The Morgan fingerprint density at radius 3 is 2.71 bits per heavy atom. The molecule has 1 N–H and O–H groups in total. The van der Waals surface area contributed by atoms with Gasteiger partial charge < -0.3 is 15.0 Å². The smallest absolute Gasteiger partial charge is 0.222 e. The number of amides is 1. The van der Waals surface area contributed by atoms with Crippen LogP contribution in [0.4, 0.5) is 5.69 Å². The molecule has 4 nitrogen and oxygen atoms in total. The summed E-state index contributed by atoms with van der Waals surface area (Å²) in [4.78, 5) is 14.0. The van der Waals surface area contributed by atoms with E-state index in [1.807, 2.05) is 23.1 Å². The number of rotatable bonds is 5. The van der Waals surface area contributed by atoms with E-state index in [0.717, 1.165) is 37.4 Å². The lowest BCUT2D eigenvalue weighted by Crippen LogP contribution is -2.42. The van der Waals surface area contributed by atoms with Crippen molar-refractivity contribution >= 4 is 11.6 Å². The van der Waals surface area contributed by atoms with Gasteiger partial charge in [0.25, 0.3) is 0 Å². The molecule has 1 aromatic carbocycles. The first-order valence-corrected chi connectivity index (χ1v) is 7.77. The molecular formula is C17H26N2O2. The van der Waals surface area contributed by atoms with E-state index in [1.165, 1.54) is 0 Å². The number of likely N-dealkylation sites (tertiary alicyclic amines) is 1. The van der Waals surface area contributed by atoms with Gasteiger partial charge in [-0.25, -0.2) is 0 Å². The second kappa shape index (κ2) is 7.34. The third-order valence-electron chi connectivity index (χ3n) is 3.87. The Kier molecular flexibility index (Phi) is 5.48. The summed E-state index contributed by atoms with van der Waals surface area (Å²) in [7, 11) is 1.68. The first kappa shape index (κ1) is 15.7. The Labute approximate surface area is 127 Å². The van der Waals surface area contributed by atoms with E-state index >= 15 is 0 Å². The molecule has 0 radical (unpaired) electrons. The van der Waals surface area contributed by atoms with E-state index in [9.17, 15) is 4.79 Å². The molecule has 1 aromatic rings. The molecule has 1 amide bonds. The van der Waals surface area contributed by atoms with Crippen LogP contribution in [0.2, 0.25) is 0 Å². The summed E-state index contributed by atoms with van der Waals surface area (Å²) in [5.74, 6) is 1.60. The van der Waals surface area contributed by atoms with Crippen LogP contribution in [0.25, 0.3) is 0 Å². The predicted molar refractivity (Wildman–Crippen MR) is 85.7 cm³/mol. The Morgan fingerprint density at radius 1 is 1.38 bits per heavy atom. The number of hydrogen-bond donors (Lipinski definition) is 1. The largest absolute Gasteiger partial charge is 0.497 e. The molecule has 1 saturated heterocycles. The third-order valence-corrected chi connectivity index (χ3v) is 3.87. The Morgan fingerprint density at radius 2 is 2.10 bits per heavy atom. The van der Waals surface area contributed by atoms with Crippen molar-refractivity contribution in [2.45, 2.75) is 39.2 Å². The van der Waals surface area contributed by atoms with Crippen molar-refractivity contribution in [2.24, 2.45) is 5.92 Å². The molecule has 0 spiro atoms. The lowest BCUT2D eigenvalue weighted by atomic mass is 10.0. The fraction of sp³-hybridized carbons (Fsp3) is 0.588. The van der Waals surface area contributed by atoms with Gasteiger partial charge in [0.2, 0.25) is 5.91 Å². The maximum Gasteiger partial charge on any atom is 0.222 e. The van der Waals surface area contributed by atoms with Gasteiger partial charge in [-0.05, 0) is 30.9 Å². The molecule has 1 fully saturated rings. The number of piperidine rings is 1. The monoisotopic (exact) mass is 290 g/mol. The Bertz CT molecular complexity index is 466. The molecule has 2 rings (SSSR count). The minimum Gasteiger partial charge on any atom is -0.497 e. The molecule has 21 heavy (non-hydrogen) atoms. The zero-order valence-corrected chi connectivity index (χ0v) is 13.3. The molecule has 0 aliphatic carbocycles. The maximum absolute atomic E-state index is 12.0. The van der Waals surface area contributed by atoms with E-state index in [2.05, 4.69) is 25.2 Å². The topological polar surface area (TPSA) is 41.6 Å². The molecule has 0 bridgehead atoms. The Hall–Kier alpha value is -1.71. The van der Waals surface area contributed by atoms with Gasteiger partial charge in [0.05, 0.1) is 7.11 Å². The number of methoxy groups -OCH3 is 1. The first-order chi connectivity index (χ1) is 10.1. The summed E-state index contributed by atoms with van der Waals surface area (Å²) < 4.78 is 5.24. The highest BCUT2D eigenvalue weighted by molar-refractivity contribution is 5.76. The third kappa shape index (κ3) is 4.66. The molecule has 0 atom stereocenters. The van der Waals surface area contributed by atoms with Crippen LogP contribution in [-0.4, -0.2) is 37.0 Å². The highest BCUT2D eigenvalue weighted by Crippen LogP contribution is 2.21. The quantitative estimate of drug-likeness (QED) is 0.906. The summed E-state index contributed by atoms with van der Waals surface area (Å²) in [6.45, 7) is 5.89. The second-order valence-electron chi connectivity index (χ2n) is 6.13. The molecule has 0 saturated carbocycles. The number of carbonyl (C=O) groups is 1. The van der Waals surface area contributed by atoms with Crippen LogP contribution < -0.4 is 10.1 Å². The van der Waals surface area contributed by atoms with Gasteiger partial charge in [-0.1, -0.05) is 19.9 Å². The van der Waals surface area contributed by atoms with Crippen molar-refractivity contribution in [1.29, 1.82) is 0 Å². The van der Waals surface area contributed by atoms with Crippen LogP contribution in [0.5, 0.6) is 5.75 Å². The van der Waals surface area contributed by atoms with E-state index in [1.54, 1.807) is 7.11 Å². The van der Waals surface area contributed by atoms with Gasteiger partial charge in [-0.3, -0.25) is 4.79 Å². The van der Waals surface area contributed by atoms with Crippen molar-refractivity contribution in [1.82, 2.24) is 4.90 Å². The lowest BCUT2D eigenvalue weighted by molar-refractivity contribution is -0.132. The Balaban J connectivity index is 1.82. The summed E-state index contributed by atoms with van der Waals surface area (Å²) in [6, 6.07) is 8.43. The number of hydrogen-bond acceptors (Lipinski definition) is 3. The van der Waals surface area contributed by atoms with Crippen molar-refractivity contribution < 1.29 is 9.53 Å². The van der Waals surface area contributed by atoms with Crippen LogP contribution in [0.15, 0.2) is 24.3 Å². The average Bonchev–Trinajstić information content (AvgIpc) is 2.47. The molecule has 1 aliphatic rings. The number of anilines is 1. The van der Waals surface area contributed by atoms with E-state index in [4.69, 9.17) is 4.74 Å². The number of nitrogens with zero attached hydrogens (tertiary/aromatic N) is 1. The van der Waals surface area contributed by atoms with E-state index < -0.39 is 0 Å². The van der Waals surface area contributed by atoms with Crippen LogP contribution in [0, 0.1) is 5.92 Å². The summed E-state index contributed by atoms with van der Waals surface area (Å²) in [6.07, 6.45) is 2.66. The zero-order chi connectivity index (χ0) is 15.2. The van der Waals surface area contributed by atoms with Crippen LogP contribution >= 0.6 is 0 Å². The highest BCUT2D eigenvalue weighted by atomic mass is 16.5. The van der Waals surface area contributed by atoms with Gasteiger partial charge in [-0.2, -0.15) is 0 Å². The highest BCUT2D eigenvalue weighted by Gasteiger charge is 2.22. The number of carbonyl (C=O) groups excluding carboxylic acids is 1. The number of ether oxygens (including phenoxy) is 1. The summed E-state index contributed by atoms with van der Waals surface area (Å²) in [5, 5.41) is 3.54. The molecule has 4 heteroatoms. The molecule has 0 unspecified atom stereocenters. The normalized spacial score (nSPS) is 16.1. The predicted octanol–water partition coefficient (Wildman–Crippen LogP) is 3.14. The zero-order valence-electron chi connectivity index (χ0n) is 13.3. The maximum atomic E-state index is 12.0. The van der Waals surface area contributed by atoms with Gasteiger partial charge in [0.15, 0.2) is 0 Å². The van der Waals surface area contributed by atoms with Crippen molar-refractivity contribution in [3.8, 4) is 5.75 Å². The van der Waals surface area contributed by atoms with Crippen molar-refractivity contribution in [2.75, 3.05) is 25.5 Å². The fourth-order valence-electron chi connectivity index (χ4n) is 2.70. The lowest BCUT2D eigenvalue weighted by Gasteiger charge is -2.33. The number of benzene rings is 1. The molecule has 1 heterocycles. The molecular weight excluding hydrogens is 264 g/mol. The van der Waals surface area contributed by atoms with E-state index in [-0.39, 0.29) is 0 Å². The number of nitrogens with one attached hydrogen (secondary N) is 1. The SMILES string of the molecule is COc1cccc(NC2CCN(C(=O)CC(C)C)CC2)c1. The molecule has 0 aromatic heterocycles. The summed E-state index contributed by atoms with van der Waals surface area (Å²) in [5.41, 5.74) is 1.08. The van der Waals surface area contributed by atoms with Crippen LogP contribution in [-0.2, 0) is 4.79 Å². The van der Waals surface area contributed by atoms with Gasteiger partial charge in [0.1, 0.15) is 5.75 Å². The van der Waals surface area contributed by atoms with Gasteiger partial charge in [-0.15, -0.1) is 0 Å². The average molecular weight is 290 g/mol. The minimum atomic E-state index is 0.296.